The Bertz CT molecular complexity index is 1470. The maximum Gasteiger partial charge on any atom is 0.244 e. The second kappa shape index (κ2) is 14.6. The first-order chi connectivity index (χ1) is 20.2. The number of sulfonamides is 1. The van der Waals surface area contributed by atoms with Gasteiger partial charge in [-0.3, -0.25) is 13.9 Å². The number of amides is 2. The van der Waals surface area contributed by atoms with Crippen molar-refractivity contribution in [2.45, 2.75) is 71.5 Å². The van der Waals surface area contributed by atoms with Crippen molar-refractivity contribution in [2.24, 2.45) is 0 Å². The zero-order valence-corrected chi connectivity index (χ0v) is 27.1. The van der Waals surface area contributed by atoms with Crippen LogP contribution in [0.25, 0.3) is 0 Å². The first-order valence-electron chi connectivity index (χ1n) is 14.6. The summed E-state index contributed by atoms with van der Waals surface area (Å²) < 4.78 is 32.6. The number of ether oxygens (including phenoxy) is 1. The Hall–Kier alpha value is -3.85. The van der Waals surface area contributed by atoms with Gasteiger partial charge in [0.1, 0.15) is 18.3 Å². The molecule has 9 heteroatoms. The van der Waals surface area contributed by atoms with E-state index >= 15 is 0 Å². The Labute approximate surface area is 257 Å². The molecule has 0 aromatic heterocycles. The molecule has 0 saturated heterocycles. The first-order valence-corrected chi connectivity index (χ1v) is 16.4. The summed E-state index contributed by atoms with van der Waals surface area (Å²) in [6.07, 6.45) is 2.07. The number of carbonyl (C=O) groups is 2. The molecule has 3 aromatic rings. The lowest BCUT2D eigenvalue weighted by Crippen LogP contribution is -2.54. The monoisotopic (exact) mass is 607 g/mol. The molecule has 0 saturated carbocycles. The highest BCUT2D eigenvalue weighted by Gasteiger charge is 2.33. The van der Waals surface area contributed by atoms with Crippen molar-refractivity contribution in [3.8, 4) is 5.75 Å². The Kier molecular flexibility index (Phi) is 11.4. The largest absolute Gasteiger partial charge is 0.497 e. The number of benzene rings is 3. The number of hydrogen-bond donors (Lipinski definition) is 1. The molecule has 0 spiro atoms. The molecular formula is C34H45N3O5S. The summed E-state index contributed by atoms with van der Waals surface area (Å²) in [5.41, 5.74) is 2.94. The maximum absolute atomic E-state index is 14.3. The van der Waals surface area contributed by atoms with Gasteiger partial charge in [-0.1, -0.05) is 82.3 Å². The molecule has 0 fully saturated rings. The SMILES string of the molecule is CC[C@@H](C)NC(=O)[C@@H](Cc1ccccc1)N(Cc1cccc(OC)c1)C(=O)CN(c1ccc(C(C)(C)C)cc1)S(C)(=O)=O. The summed E-state index contributed by atoms with van der Waals surface area (Å²) in [4.78, 5) is 29.5. The quantitative estimate of drug-likeness (QED) is 0.284. The standard InChI is InChI=1S/C34H45N3O5S/c1-8-25(2)35-33(39)31(22-26-13-10-9-11-14-26)36(23-27-15-12-16-30(21-27)42-6)32(38)24-37(43(7,40)41)29-19-17-28(18-20-29)34(3,4)5/h9-21,25,31H,8,22-24H2,1-7H3,(H,35,39)/t25-,31-/m1/s1. The van der Waals surface area contributed by atoms with E-state index in [4.69, 9.17) is 4.74 Å². The lowest BCUT2D eigenvalue weighted by molar-refractivity contribution is -0.140. The van der Waals surface area contributed by atoms with E-state index in [2.05, 4.69) is 26.1 Å². The number of hydrogen-bond acceptors (Lipinski definition) is 5. The van der Waals surface area contributed by atoms with Gasteiger partial charge in [-0.25, -0.2) is 8.42 Å². The number of rotatable bonds is 13. The summed E-state index contributed by atoms with van der Waals surface area (Å²) in [6.45, 7) is 9.75. The van der Waals surface area contributed by atoms with Crippen LogP contribution >= 0.6 is 0 Å². The minimum Gasteiger partial charge on any atom is -0.497 e. The predicted octanol–water partition coefficient (Wildman–Crippen LogP) is 5.31. The van der Waals surface area contributed by atoms with Gasteiger partial charge in [0, 0.05) is 19.0 Å². The van der Waals surface area contributed by atoms with E-state index in [-0.39, 0.29) is 30.3 Å². The maximum atomic E-state index is 14.3. The van der Waals surface area contributed by atoms with Crippen LogP contribution in [0.1, 0.15) is 57.7 Å². The van der Waals surface area contributed by atoms with Crippen molar-refractivity contribution in [3.05, 3.63) is 95.6 Å². The summed E-state index contributed by atoms with van der Waals surface area (Å²) in [6, 6.07) is 23.0. The lowest BCUT2D eigenvalue weighted by Gasteiger charge is -2.34. The van der Waals surface area contributed by atoms with Gasteiger partial charge >= 0.3 is 0 Å². The van der Waals surface area contributed by atoms with Crippen LogP contribution < -0.4 is 14.4 Å². The van der Waals surface area contributed by atoms with E-state index in [1.807, 2.05) is 74.5 Å². The van der Waals surface area contributed by atoms with Gasteiger partial charge < -0.3 is 15.0 Å². The van der Waals surface area contributed by atoms with E-state index in [0.29, 0.717) is 11.4 Å². The van der Waals surface area contributed by atoms with E-state index < -0.39 is 28.5 Å². The molecular weight excluding hydrogens is 562 g/mol. The van der Waals surface area contributed by atoms with Crippen LogP contribution in [-0.2, 0) is 38.0 Å². The molecule has 0 heterocycles. The molecule has 0 aliphatic carbocycles. The minimum atomic E-state index is -3.84. The van der Waals surface area contributed by atoms with Crippen LogP contribution in [0.15, 0.2) is 78.9 Å². The van der Waals surface area contributed by atoms with Crippen LogP contribution in [0.3, 0.4) is 0 Å². The van der Waals surface area contributed by atoms with Crippen molar-refractivity contribution >= 4 is 27.5 Å². The number of methoxy groups -OCH3 is 1. The molecule has 2 amide bonds. The smallest absolute Gasteiger partial charge is 0.244 e. The zero-order chi connectivity index (χ0) is 31.8. The Morgan fingerprint density at radius 2 is 1.56 bits per heavy atom. The van der Waals surface area contributed by atoms with E-state index in [1.54, 1.807) is 25.3 Å². The third-order valence-corrected chi connectivity index (χ3v) is 8.60. The predicted molar refractivity (Wildman–Crippen MR) is 173 cm³/mol. The Morgan fingerprint density at radius 1 is 0.930 bits per heavy atom. The summed E-state index contributed by atoms with van der Waals surface area (Å²) >= 11 is 0. The zero-order valence-electron chi connectivity index (χ0n) is 26.3. The van der Waals surface area contributed by atoms with Gasteiger partial charge in [-0.15, -0.1) is 0 Å². The molecule has 1 N–H and O–H groups in total. The molecule has 0 radical (unpaired) electrons. The second-order valence-electron chi connectivity index (χ2n) is 12.0. The highest BCUT2D eigenvalue weighted by atomic mass is 32.2. The van der Waals surface area contributed by atoms with Crippen LogP contribution in [0.4, 0.5) is 5.69 Å². The fraction of sp³-hybridized carbons (Fsp3) is 0.412. The number of nitrogens with one attached hydrogen (secondary N) is 1. The number of anilines is 1. The highest BCUT2D eigenvalue weighted by Crippen LogP contribution is 2.27. The van der Waals surface area contributed by atoms with Crippen LogP contribution in [0, 0.1) is 0 Å². The van der Waals surface area contributed by atoms with Gasteiger partial charge in [0.2, 0.25) is 21.8 Å². The van der Waals surface area contributed by atoms with Crippen molar-refractivity contribution in [2.75, 3.05) is 24.2 Å². The molecule has 8 nitrogen and oxygen atoms in total. The average molecular weight is 608 g/mol. The first kappa shape index (κ1) is 33.6. The molecule has 0 aliphatic heterocycles. The molecule has 43 heavy (non-hydrogen) atoms. The summed E-state index contributed by atoms with van der Waals surface area (Å²) in [5.74, 6) is -0.173. The van der Waals surface area contributed by atoms with Crippen molar-refractivity contribution in [1.82, 2.24) is 10.2 Å². The lowest BCUT2D eigenvalue weighted by atomic mass is 9.87. The van der Waals surface area contributed by atoms with Crippen LogP contribution in [-0.4, -0.2) is 57.1 Å². The molecule has 3 rings (SSSR count). The third kappa shape index (κ3) is 9.58. The second-order valence-corrected chi connectivity index (χ2v) is 13.9. The van der Waals surface area contributed by atoms with Crippen LogP contribution in [0.5, 0.6) is 5.75 Å². The highest BCUT2D eigenvalue weighted by molar-refractivity contribution is 7.92. The molecule has 3 aromatic carbocycles. The third-order valence-electron chi connectivity index (χ3n) is 7.46. The van der Waals surface area contributed by atoms with Gasteiger partial charge in [-0.2, -0.15) is 0 Å². The minimum absolute atomic E-state index is 0.0853. The van der Waals surface area contributed by atoms with Crippen molar-refractivity contribution < 1.29 is 22.7 Å². The molecule has 2 atom stereocenters. The van der Waals surface area contributed by atoms with Gasteiger partial charge in [-0.05, 0) is 59.7 Å². The molecule has 232 valence electrons. The molecule has 0 bridgehead atoms. The van der Waals surface area contributed by atoms with Crippen molar-refractivity contribution in [1.29, 1.82) is 0 Å². The summed E-state index contributed by atoms with van der Waals surface area (Å²) in [7, 11) is -2.28. The topological polar surface area (TPSA) is 96.0 Å². The van der Waals surface area contributed by atoms with Gasteiger partial charge in [0.05, 0.1) is 19.1 Å². The van der Waals surface area contributed by atoms with Crippen molar-refractivity contribution in [3.63, 3.8) is 0 Å². The number of nitrogens with zero attached hydrogens (tertiary/aromatic N) is 2. The molecule has 0 aliphatic rings. The van der Waals surface area contributed by atoms with E-state index in [1.165, 1.54) is 4.90 Å². The van der Waals surface area contributed by atoms with E-state index in [9.17, 15) is 18.0 Å². The summed E-state index contributed by atoms with van der Waals surface area (Å²) in [5, 5.41) is 3.04. The normalized spacial score (nSPS) is 13.1. The average Bonchev–Trinajstić information content (AvgIpc) is 2.97. The fourth-order valence-corrected chi connectivity index (χ4v) is 5.55. The Balaban J connectivity index is 2.07. The van der Waals surface area contributed by atoms with Gasteiger partial charge in [0.25, 0.3) is 0 Å². The Morgan fingerprint density at radius 3 is 2.12 bits per heavy atom. The number of carbonyl (C=O) groups excluding carboxylic acids is 2. The van der Waals surface area contributed by atoms with E-state index in [0.717, 1.165) is 33.7 Å². The van der Waals surface area contributed by atoms with Crippen LogP contribution in [0.2, 0.25) is 0 Å². The van der Waals surface area contributed by atoms with Gasteiger partial charge in [0.15, 0.2) is 0 Å². The molecule has 0 unspecified atom stereocenters. The fourth-order valence-electron chi connectivity index (χ4n) is 4.70.